The third-order valence-electron chi connectivity index (χ3n) is 1.55. The van der Waals surface area contributed by atoms with Gasteiger partial charge in [0.15, 0.2) is 9.84 Å². The molecule has 0 unspecified atom stereocenters. The Morgan fingerprint density at radius 2 is 2.14 bits per heavy atom. The Kier molecular flexibility index (Phi) is 2.43. The first kappa shape index (κ1) is 10.5. The van der Waals surface area contributed by atoms with Gasteiger partial charge in [0.05, 0.1) is 4.90 Å². The van der Waals surface area contributed by atoms with Gasteiger partial charge in [0.1, 0.15) is 11.4 Å². The minimum absolute atomic E-state index is 0.163. The molecule has 0 saturated heterocycles. The van der Waals surface area contributed by atoms with Gasteiger partial charge < -0.3 is 10.8 Å². The van der Waals surface area contributed by atoms with Crippen LogP contribution in [-0.2, 0) is 9.84 Å². The van der Waals surface area contributed by atoms with Gasteiger partial charge in [-0.3, -0.25) is 0 Å². The van der Waals surface area contributed by atoms with Gasteiger partial charge in [-0.25, -0.2) is 18.2 Å². The number of hydrogen-bond donors (Lipinski definition) is 2. The molecule has 0 aliphatic carbocycles. The summed E-state index contributed by atoms with van der Waals surface area (Å²) < 4.78 is 22.1. The highest BCUT2D eigenvalue weighted by Crippen LogP contribution is 2.14. The molecule has 0 bridgehead atoms. The molecule has 3 N–H and O–H groups in total. The van der Waals surface area contributed by atoms with E-state index in [2.05, 4.69) is 4.98 Å². The number of nitrogen functional groups attached to an aromatic ring is 1. The summed E-state index contributed by atoms with van der Waals surface area (Å²) in [4.78, 5) is 13.9. The van der Waals surface area contributed by atoms with E-state index >= 15 is 0 Å². The first-order chi connectivity index (χ1) is 6.32. The lowest BCUT2D eigenvalue weighted by atomic mass is 10.2. The maximum absolute atomic E-state index is 11.0. The molecule has 0 saturated carbocycles. The van der Waals surface area contributed by atoms with Crippen molar-refractivity contribution in [2.75, 3.05) is 12.0 Å². The van der Waals surface area contributed by atoms with Crippen LogP contribution in [0.4, 0.5) is 5.82 Å². The number of carboxylic acids is 1. The van der Waals surface area contributed by atoms with E-state index in [1.54, 1.807) is 0 Å². The highest BCUT2D eigenvalue weighted by atomic mass is 32.2. The maximum Gasteiger partial charge on any atom is 0.339 e. The van der Waals surface area contributed by atoms with E-state index in [0.29, 0.717) is 0 Å². The SMILES string of the molecule is CS(=O)(=O)c1cnc(N)c(C(=O)O)c1. The second-order valence-corrected chi connectivity index (χ2v) is 4.70. The number of pyridine rings is 1. The topological polar surface area (TPSA) is 110 Å². The second kappa shape index (κ2) is 3.26. The third-order valence-corrected chi connectivity index (χ3v) is 2.63. The number of carbonyl (C=O) groups is 1. The van der Waals surface area contributed by atoms with E-state index in [-0.39, 0.29) is 16.3 Å². The molecular weight excluding hydrogens is 208 g/mol. The quantitative estimate of drug-likeness (QED) is 0.706. The molecular formula is C7H8N2O4S. The lowest BCUT2D eigenvalue weighted by molar-refractivity contribution is 0.0697. The first-order valence-electron chi connectivity index (χ1n) is 3.51. The third kappa shape index (κ3) is 1.99. The van der Waals surface area contributed by atoms with Gasteiger partial charge >= 0.3 is 5.97 Å². The van der Waals surface area contributed by atoms with Crippen LogP contribution in [0.3, 0.4) is 0 Å². The predicted molar refractivity (Wildman–Crippen MR) is 48.7 cm³/mol. The fraction of sp³-hybridized carbons (Fsp3) is 0.143. The predicted octanol–water partition coefficient (Wildman–Crippen LogP) is -0.234. The molecule has 0 atom stereocenters. The van der Waals surface area contributed by atoms with Crippen LogP contribution in [0.5, 0.6) is 0 Å². The Morgan fingerprint density at radius 3 is 2.57 bits per heavy atom. The molecule has 1 rings (SSSR count). The van der Waals surface area contributed by atoms with Gasteiger partial charge in [-0.05, 0) is 6.07 Å². The summed E-state index contributed by atoms with van der Waals surface area (Å²) in [5, 5.41) is 8.64. The number of sulfone groups is 1. The average molecular weight is 216 g/mol. The molecule has 0 aliphatic heterocycles. The minimum Gasteiger partial charge on any atom is -0.478 e. The van der Waals surface area contributed by atoms with E-state index in [1.807, 2.05) is 0 Å². The summed E-state index contributed by atoms with van der Waals surface area (Å²) in [6.07, 6.45) is 1.99. The van der Waals surface area contributed by atoms with E-state index < -0.39 is 15.8 Å². The van der Waals surface area contributed by atoms with Crippen molar-refractivity contribution in [1.29, 1.82) is 0 Å². The highest BCUT2D eigenvalue weighted by molar-refractivity contribution is 7.90. The molecule has 7 heteroatoms. The number of anilines is 1. The molecule has 0 fully saturated rings. The number of nitrogens with zero attached hydrogens (tertiary/aromatic N) is 1. The van der Waals surface area contributed by atoms with Gasteiger partial charge in [0.25, 0.3) is 0 Å². The number of nitrogens with two attached hydrogens (primary N) is 1. The van der Waals surface area contributed by atoms with E-state index in [0.717, 1.165) is 18.5 Å². The first-order valence-corrected chi connectivity index (χ1v) is 5.40. The molecule has 76 valence electrons. The zero-order chi connectivity index (χ0) is 10.9. The summed E-state index contributed by atoms with van der Waals surface area (Å²) >= 11 is 0. The smallest absolute Gasteiger partial charge is 0.339 e. The normalized spacial score (nSPS) is 11.2. The van der Waals surface area contributed by atoms with Crippen LogP contribution in [0, 0.1) is 0 Å². The molecule has 1 aromatic rings. The molecule has 0 aromatic carbocycles. The zero-order valence-electron chi connectivity index (χ0n) is 7.26. The van der Waals surface area contributed by atoms with Crippen molar-refractivity contribution in [3.8, 4) is 0 Å². The van der Waals surface area contributed by atoms with Crippen molar-refractivity contribution in [2.45, 2.75) is 4.90 Å². The number of hydrogen-bond acceptors (Lipinski definition) is 5. The van der Waals surface area contributed by atoms with Gasteiger partial charge in [0, 0.05) is 12.5 Å². The fourth-order valence-electron chi connectivity index (χ4n) is 0.830. The number of aromatic carboxylic acids is 1. The number of aromatic nitrogens is 1. The number of carboxylic acid groups (broad SMARTS) is 1. The molecule has 1 aromatic heterocycles. The van der Waals surface area contributed by atoms with Crippen LogP contribution in [-0.4, -0.2) is 30.7 Å². The molecule has 14 heavy (non-hydrogen) atoms. The van der Waals surface area contributed by atoms with Crippen LogP contribution in [0.2, 0.25) is 0 Å². The van der Waals surface area contributed by atoms with Crippen LogP contribution in [0.1, 0.15) is 10.4 Å². The van der Waals surface area contributed by atoms with E-state index in [9.17, 15) is 13.2 Å². The standard InChI is InChI=1S/C7H8N2O4S/c1-14(12,13)4-2-5(7(10)11)6(8)9-3-4/h2-3H,1H3,(H2,8,9)(H,10,11). The van der Waals surface area contributed by atoms with Gasteiger partial charge in [-0.2, -0.15) is 0 Å². The Labute approximate surface area is 80.3 Å². The molecule has 0 radical (unpaired) electrons. The van der Waals surface area contributed by atoms with Crippen molar-refractivity contribution < 1.29 is 18.3 Å². The molecule has 1 heterocycles. The van der Waals surface area contributed by atoms with Crippen LogP contribution in [0.15, 0.2) is 17.2 Å². The monoisotopic (exact) mass is 216 g/mol. The fourth-order valence-corrected chi connectivity index (χ4v) is 1.41. The van der Waals surface area contributed by atoms with Gasteiger partial charge in [-0.1, -0.05) is 0 Å². The highest BCUT2D eigenvalue weighted by Gasteiger charge is 2.14. The van der Waals surface area contributed by atoms with Crippen LogP contribution in [0.25, 0.3) is 0 Å². The Balaban J connectivity index is 3.42. The molecule has 0 amide bonds. The number of rotatable bonds is 2. The van der Waals surface area contributed by atoms with E-state index in [1.165, 1.54) is 0 Å². The summed E-state index contributed by atoms with van der Waals surface area (Å²) in [6.45, 7) is 0. The second-order valence-electron chi connectivity index (χ2n) is 2.68. The van der Waals surface area contributed by atoms with Crippen LogP contribution >= 0.6 is 0 Å². The van der Waals surface area contributed by atoms with E-state index in [4.69, 9.17) is 10.8 Å². The zero-order valence-corrected chi connectivity index (χ0v) is 8.08. The van der Waals surface area contributed by atoms with Crippen molar-refractivity contribution in [1.82, 2.24) is 4.98 Å². The average Bonchev–Trinajstić information content (AvgIpc) is 2.02. The van der Waals surface area contributed by atoms with Gasteiger partial charge in [-0.15, -0.1) is 0 Å². The summed E-state index contributed by atoms with van der Waals surface area (Å²) in [5.74, 6) is -1.51. The molecule has 0 aliphatic rings. The molecule has 6 nitrogen and oxygen atoms in total. The Bertz CT molecular complexity index is 480. The van der Waals surface area contributed by atoms with Crippen molar-refractivity contribution >= 4 is 21.6 Å². The van der Waals surface area contributed by atoms with Crippen molar-refractivity contribution in [3.63, 3.8) is 0 Å². The minimum atomic E-state index is -3.46. The summed E-state index contributed by atoms with van der Waals surface area (Å²) in [7, 11) is -3.46. The Morgan fingerprint density at radius 1 is 1.57 bits per heavy atom. The molecule has 0 spiro atoms. The van der Waals surface area contributed by atoms with Crippen LogP contribution < -0.4 is 5.73 Å². The van der Waals surface area contributed by atoms with Crippen molar-refractivity contribution in [2.24, 2.45) is 0 Å². The Hall–Kier alpha value is -1.63. The lowest BCUT2D eigenvalue weighted by Gasteiger charge is -2.02. The van der Waals surface area contributed by atoms with Gasteiger partial charge in [0.2, 0.25) is 0 Å². The maximum atomic E-state index is 11.0. The van der Waals surface area contributed by atoms with Crippen molar-refractivity contribution in [3.05, 3.63) is 17.8 Å². The largest absolute Gasteiger partial charge is 0.478 e. The summed E-state index contributed by atoms with van der Waals surface area (Å²) in [6, 6.07) is 0.986. The summed E-state index contributed by atoms with van der Waals surface area (Å²) in [5.41, 5.74) is 4.93. The lowest BCUT2D eigenvalue weighted by Crippen LogP contribution is -2.07.